The second-order valence-corrected chi connectivity index (χ2v) is 9.81. The average Bonchev–Trinajstić information content (AvgIpc) is 3.68. The molecule has 45 heavy (non-hydrogen) atoms. The molecule has 7 aromatic rings. The van der Waals surface area contributed by atoms with E-state index < -0.39 is 27.4 Å². The van der Waals surface area contributed by atoms with Gasteiger partial charge in [-0.15, -0.1) is 63.8 Å². The number of aryl methyl sites for hydroxylation is 6. The normalized spacial score (nSPS) is 15.8. The van der Waals surface area contributed by atoms with E-state index in [2.05, 4.69) is 38.4 Å². The minimum Gasteiger partial charge on any atom is -0.499 e. The van der Waals surface area contributed by atoms with Gasteiger partial charge in [-0.1, -0.05) is 41.6 Å². The summed E-state index contributed by atoms with van der Waals surface area (Å²) in [5.41, 5.74) is 3.00. The van der Waals surface area contributed by atoms with Crippen molar-refractivity contribution in [2.75, 3.05) is 0 Å². The van der Waals surface area contributed by atoms with Crippen LogP contribution in [0.3, 0.4) is 0 Å². The third kappa shape index (κ3) is 6.06. The summed E-state index contributed by atoms with van der Waals surface area (Å²) in [4.78, 5) is 8.32. The maximum Gasteiger partial charge on any atom is 0.140 e. The van der Waals surface area contributed by atoms with E-state index in [-0.39, 0.29) is 53.6 Å². The van der Waals surface area contributed by atoms with Crippen molar-refractivity contribution in [2.45, 2.75) is 41.3 Å². The number of nitrogens with zero attached hydrogens (tertiary/aromatic N) is 6. The van der Waals surface area contributed by atoms with Crippen LogP contribution >= 0.6 is 0 Å². The smallest absolute Gasteiger partial charge is 0.140 e. The quantitative estimate of drug-likeness (QED) is 0.168. The zero-order chi connectivity index (χ0) is 41.0. The minimum atomic E-state index is -2.67. The molecular weight excluding hydrogens is 737 g/mol. The first kappa shape index (κ1) is 19.4. The molecule has 0 amide bonds. The number of benzene rings is 3. The number of hydrogen-bond acceptors (Lipinski definition) is 6. The van der Waals surface area contributed by atoms with E-state index in [1.54, 1.807) is 48.7 Å². The van der Waals surface area contributed by atoms with Crippen molar-refractivity contribution in [3.63, 3.8) is 0 Å². The second kappa shape index (κ2) is 13.0. The van der Waals surface area contributed by atoms with Crippen molar-refractivity contribution in [3.05, 3.63) is 125 Å². The van der Waals surface area contributed by atoms with E-state index in [1.165, 1.54) is 30.5 Å². The van der Waals surface area contributed by atoms with Gasteiger partial charge in [-0.2, -0.15) is 5.26 Å². The molecule has 0 unspecified atom stereocenters. The van der Waals surface area contributed by atoms with Crippen LogP contribution in [0.1, 0.15) is 55.9 Å². The van der Waals surface area contributed by atoms with Crippen molar-refractivity contribution in [1.82, 2.24) is 24.7 Å². The van der Waals surface area contributed by atoms with Gasteiger partial charge in [0.05, 0.1) is 11.3 Å². The van der Waals surface area contributed by atoms with E-state index in [0.717, 1.165) is 6.20 Å². The van der Waals surface area contributed by atoms with Gasteiger partial charge < -0.3 is 14.4 Å². The molecule has 0 aliphatic rings. The number of rotatable bonds is 3. The van der Waals surface area contributed by atoms with Gasteiger partial charge in [-0.3, -0.25) is 4.57 Å². The molecule has 0 saturated heterocycles. The van der Waals surface area contributed by atoms with Gasteiger partial charge in [0.1, 0.15) is 28.9 Å². The Balaban J connectivity index is 0.000000251. The summed E-state index contributed by atoms with van der Waals surface area (Å²) >= 11 is 0. The fraction of sp³-hybridized carbons (Fsp3) is 0.162. The first-order valence-electron chi connectivity index (χ1n) is 19.3. The predicted molar refractivity (Wildman–Crippen MR) is 172 cm³/mol. The molecule has 8 heteroatoms. The molecule has 0 spiro atoms. The first-order chi connectivity index (χ1) is 26.1. The van der Waals surface area contributed by atoms with Gasteiger partial charge in [0.2, 0.25) is 0 Å². The molecule has 0 aliphatic carbocycles. The Bertz CT molecular complexity index is 2540. The molecule has 4 heterocycles. The third-order valence-corrected chi connectivity index (χ3v) is 6.93. The Kier molecular flexibility index (Phi) is 5.59. The number of aromatic nitrogens is 5. The maximum absolute atomic E-state index is 10.0. The summed E-state index contributed by atoms with van der Waals surface area (Å²) in [5, 5.41) is 19.5. The van der Waals surface area contributed by atoms with Gasteiger partial charge in [0, 0.05) is 54.3 Å². The minimum absolute atomic E-state index is 0. The van der Waals surface area contributed by atoms with Crippen molar-refractivity contribution < 1.29 is 41.0 Å². The van der Waals surface area contributed by atoms with E-state index in [1.807, 2.05) is 6.07 Å². The molecule has 4 aromatic heterocycles. The van der Waals surface area contributed by atoms with Crippen LogP contribution in [0.4, 0.5) is 0 Å². The summed E-state index contributed by atoms with van der Waals surface area (Å²) in [5.74, 6) is 1.23. The number of furan rings is 1. The van der Waals surface area contributed by atoms with Crippen molar-refractivity contribution in [3.8, 4) is 34.3 Å². The van der Waals surface area contributed by atoms with Crippen LogP contribution in [0.15, 0.2) is 77.5 Å². The number of pyridine rings is 2. The van der Waals surface area contributed by atoms with Gasteiger partial charge in [0.15, 0.2) is 0 Å². The molecule has 3 aromatic carbocycles. The third-order valence-electron chi connectivity index (χ3n) is 6.93. The summed E-state index contributed by atoms with van der Waals surface area (Å²) in [6.07, 6.45) is 2.36. The molecule has 7 rings (SSSR count). The second-order valence-electron chi connectivity index (χ2n) is 9.81. The van der Waals surface area contributed by atoms with E-state index in [0.29, 0.717) is 56.1 Å². The van der Waals surface area contributed by atoms with Crippen LogP contribution < -0.4 is 0 Å². The van der Waals surface area contributed by atoms with Crippen LogP contribution in [0.2, 0.25) is 0 Å². The van der Waals surface area contributed by atoms with Gasteiger partial charge in [0.25, 0.3) is 0 Å². The topological polar surface area (TPSA) is 93.4 Å². The number of fused-ring (bicyclic) bond motifs is 3. The molecule has 0 N–H and O–H groups in total. The van der Waals surface area contributed by atoms with E-state index in [9.17, 15) is 5.26 Å². The Morgan fingerprint density at radius 1 is 0.800 bits per heavy atom. The molecule has 0 aliphatic heterocycles. The largest absolute Gasteiger partial charge is 0.499 e. The molecule has 0 saturated carbocycles. The standard InChI is InChI=1S/C24H18N5O.C13H12N.Ir/c1-13-10-21(26-12-14(13)2)19-7-5-6-17-18-8-9-22(29-15(3)27-28-16(29)4)20(11-25)24(18)30-23(17)19;1-10-3-6-12(7-4-10)13-8-5-11(2)9-14-13;/h5-6,8-10,12H,1-4H3;3-6,8-9H,1-2H3;/q2*-1;/i2*1D3,2D3;. The first-order valence-corrected chi connectivity index (χ1v) is 13.3. The van der Waals surface area contributed by atoms with Gasteiger partial charge in [-0.05, 0) is 69.1 Å². The molecule has 1 radical (unpaired) electrons. The van der Waals surface area contributed by atoms with Crippen LogP contribution in [-0.2, 0) is 20.1 Å². The molecule has 7 nitrogen and oxygen atoms in total. The maximum atomic E-state index is 10.0. The molecule has 225 valence electrons. The Hall–Kier alpha value is -4.96. The van der Waals surface area contributed by atoms with E-state index >= 15 is 0 Å². The number of nitriles is 1. The summed E-state index contributed by atoms with van der Waals surface area (Å²) in [6.45, 7) is -6.07. The SMILES string of the molecule is [2H]C([2H])([2H])c1c[c-]c(-c2ccc(C([2H])([2H])[2H])cn2)cc1.[2H]C([2H])([2H])c1cnc(-c2[c-]ccc3c2oc2c(C#N)c(-n4c(C)nnc4C)ccc23)cc1C([2H])([2H])[2H].[Ir]. The molecule has 0 bridgehead atoms. The van der Waals surface area contributed by atoms with E-state index in [4.69, 9.17) is 20.9 Å². The fourth-order valence-corrected chi connectivity index (χ4v) is 4.83. The van der Waals surface area contributed by atoms with Crippen LogP contribution in [0.25, 0.3) is 50.1 Å². The fourth-order valence-electron chi connectivity index (χ4n) is 4.83. The molecule has 0 fully saturated rings. The molecular formula is C37H30IrN6O-2. The summed E-state index contributed by atoms with van der Waals surface area (Å²) in [7, 11) is 0. The van der Waals surface area contributed by atoms with Crippen LogP contribution in [0, 0.1) is 64.7 Å². The Morgan fingerprint density at radius 3 is 2.22 bits per heavy atom. The monoisotopic (exact) mass is 779 g/mol. The van der Waals surface area contributed by atoms with Gasteiger partial charge >= 0.3 is 0 Å². The Labute approximate surface area is 292 Å². The predicted octanol–water partition coefficient (Wildman–Crippen LogP) is 8.30. The number of hydrogen-bond donors (Lipinski definition) is 0. The zero-order valence-corrected chi connectivity index (χ0v) is 26.2. The summed E-state index contributed by atoms with van der Waals surface area (Å²) in [6, 6.07) is 24.0. The van der Waals surface area contributed by atoms with Crippen molar-refractivity contribution in [1.29, 1.82) is 5.26 Å². The molecule has 0 atom stereocenters. The zero-order valence-electron chi connectivity index (χ0n) is 35.9. The van der Waals surface area contributed by atoms with Crippen molar-refractivity contribution >= 4 is 21.9 Å². The van der Waals surface area contributed by atoms with Crippen LogP contribution in [0.5, 0.6) is 0 Å². The average molecular weight is 779 g/mol. The van der Waals surface area contributed by atoms with Gasteiger partial charge in [-0.25, -0.2) is 0 Å². The summed E-state index contributed by atoms with van der Waals surface area (Å²) < 4.78 is 98.3. The van der Waals surface area contributed by atoms with Crippen LogP contribution in [-0.4, -0.2) is 24.7 Å². The Morgan fingerprint density at radius 2 is 1.56 bits per heavy atom. The van der Waals surface area contributed by atoms with Crippen molar-refractivity contribution in [2.24, 2.45) is 0 Å².